The standard InChI is InChI=1S/C16H25N3/c1-14(11-17-2)12-19-10-9-18(3)13-16(19)15-7-5-4-6-8-15/h4-8,16-17H,1,9-13H2,2-3H3. The van der Waals surface area contributed by atoms with E-state index in [1.807, 2.05) is 7.05 Å². The van der Waals surface area contributed by atoms with E-state index >= 15 is 0 Å². The predicted octanol–water partition coefficient (Wildman–Crippen LogP) is 1.75. The maximum atomic E-state index is 4.17. The zero-order chi connectivity index (χ0) is 13.7. The van der Waals surface area contributed by atoms with Crippen molar-refractivity contribution in [2.75, 3.05) is 46.8 Å². The highest BCUT2D eigenvalue weighted by Gasteiger charge is 2.26. The fourth-order valence-electron chi connectivity index (χ4n) is 2.73. The summed E-state index contributed by atoms with van der Waals surface area (Å²) in [7, 11) is 4.18. The van der Waals surface area contributed by atoms with Gasteiger partial charge in [-0.25, -0.2) is 0 Å². The Morgan fingerprint density at radius 3 is 2.74 bits per heavy atom. The maximum Gasteiger partial charge on any atom is 0.0479 e. The van der Waals surface area contributed by atoms with Gasteiger partial charge in [-0.3, -0.25) is 4.90 Å². The van der Waals surface area contributed by atoms with Crippen LogP contribution in [0.2, 0.25) is 0 Å². The molecule has 104 valence electrons. The topological polar surface area (TPSA) is 18.5 Å². The highest BCUT2D eigenvalue weighted by molar-refractivity contribution is 5.20. The van der Waals surface area contributed by atoms with Crippen LogP contribution in [0.4, 0.5) is 0 Å². The van der Waals surface area contributed by atoms with Crippen LogP contribution in [0.5, 0.6) is 0 Å². The summed E-state index contributed by atoms with van der Waals surface area (Å²) in [6.07, 6.45) is 0. The molecule has 1 unspecified atom stereocenters. The third kappa shape index (κ3) is 3.90. The lowest BCUT2D eigenvalue weighted by Gasteiger charge is -2.40. The summed E-state index contributed by atoms with van der Waals surface area (Å²) >= 11 is 0. The van der Waals surface area contributed by atoms with Gasteiger partial charge in [-0.1, -0.05) is 36.9 Å². The molecule has 1 atom stereocenters. The molecule has 1 aromatic rings. The smallest absolute Gasteiger partial charge is 0.0479 e. The average Bonchev–Trinajstić information content (AvgIpc) is 2.42. The summed E-state index contributed by atoms with van der Waals surface area (Å²) < 4.78 is 0. The van der Waals surface area contributed by atoms with E-state index in [0.29, 0.717) is 6.04 Å². The molecule has 0 spiro atoms. The molecule has 0 bridgehead atoms. The van der Waals surface area contributed by atoms with Crippen LogP contribution in [0, 0.1) is 0 Å². The molecule has 1 saturated heterocycles. The van der Waals surface area contributed by atoms with E-state index in [4.69, 9.17) is 0 Å². The molecule has 2 rings (SSSR count). The predicted molar refractivity (Wildman–Crippen MR) is 81.3 cm³/mol. The zero-order valence-corrected chi connectivity index (χ0v) is 12.1. The molecular formula is C16H25N3. The van der Waals surface area contributed by atoms with Gasteiger partial charge in [-0.15, -0.1) is 0 Å². The van der Waals surface area contributed by atoms with Crippen molar-refractivity contribution in [3.05, 3.63) is 48.0 Å². The Kier molecular flexibility index (Phi) is 5.14. The highest BCUT2D eigenvalue weighted by atomic mass is 15.3. The molecule has 1 aliphatic rings. The second-order valence-corrected chi connectivity index (χ2v) is 5.44. The lowest BCUT2D eigenvalue weighted by molar-refractivity contribution is 0.0983. The van der Waals surface area contributed by atoms with Crippen LogP contribution in [0.15, 0.2) is 42.5 Å². The monoisotopic (exact) mass is 259 g/mol. The number of likely N-dealkylation sites (N-methyl/N-ethyl adjacent to an activating group) is 2. The first-order chi connectivity index (χ1) is 9.20. The Hall–Kier alpha value is -1.16. The van der Waals surface area contributed by atoms with Crippen molar-refractivity contribution in [1.29, 1.82) is 0 Å². The number of rotatable bonds is 5. The van der Waals surface area contributed by atoms with E-state index in [1.165, 1.54) is 11.1 Å². The van der Waals surface area contributed by atoms with Gasteiger partial charge in [0.2, 0.25) is 0 Å². The lowest BCUT2D eigenvalue weighted by atomic mass is 10.0. The molecule has 19 heavy (non-hydrogen) atoms. The van der Waals surface area contributed by atoms with E-state index in [-0.39, 0.29) is 0 Å². The van der Waals surface area contributed by atoms with E-state index in [2.05, 4.69) is 59.1 Å². The fraction of sp³-hybridized carbons (Fsp3) is 0.500. The Balaban J connectivity index is 2.09. The van der Waals surface area contributed by atoms with Gasteiger partial charge in [0, 0.05) is 38.8 Å². The second kappa shape index (κ2) is 6.85. The first kappa shape index (κ1) is 14.3. The number of hydrogen-bond acceptors (Lipinski definition) is 3. The summed E-state index contributed by atoms with van der Waals surface area (Å²) in [6.45, 7) is 9.38. The Morgan fingerprint density at radius 2 is 2.05 bits per heavy atom. The summed E-state index contributed by atoms with van der Waals surface area (Å²) in [5.74, 6) is 0. The van der Waals surface area contributed by atoms with Gasteiger partial charge in [0.15, 0.2) is 0 Å². The minimum atomic E-state index is 0.480. The van der Waals surface area contributed by atoms with Crippen molar-refractivity contribution in [2.24, 2.45) is 0 Å². The van der Waals surface area contributed by atoms with Crippen LogP contribution < -0.4 is 5.32 Å². The first-order valence-electron chi connectivity index (χ1n) is 6.99. The minimum absolute atomic E-state index is 0.480. The minimum Gasteiger partial charge on any atom is -0.316 e. The van der Waals surface area contributed by atoms with Gasteiger partial charge >= 0.3 is 0 Å². The molecule has 0 saturated carbocycles. The second-order valence-electron chi connectivity index (χ2n) is 5.44. The van der Waals surface area contributed by atoms with Crippen molar-refractivity contribution in [1.82, 2.24) is 15.1 Å². The van der Waals surface area contributed by atoms with Gasteiger partial charge < -0.3 is 10.2 Å². The number of hydrogen-bond donors (Lipinski definition) is 1. The van der Waals surface area contributed by atoms with Crippen LogP contribution in [0.25, 0.3) is 0 Å². The van der Waals surface area contributed by atoms with Crippen molar-refractivity contribution in [3.63, 3.8) is 0 Å². The van der Waals surface area contributed by atoms with Crippen molar-refractivity contribution in [2.45, 2.75) is 6.04 Å². The third-order valence-electron chi connectivity index (χ3n) is 3.73. The number of piperazine rings is 1. The summed E-state index contributed by atoms with van der Waals surface area (Å²) in [6, 6.07) is 11.3. The Morgan fingerprint density at radius 1 is 1.32 bits per heavy atom. The number of nitrogens with one attached hydrogen (secondary N) is 1. The molecule has 0 aliphatic carbocycles. The molecule has 1 aliphatic heterocycles. The molecule has 1 heterocycles. The number of nitrogens with zero attached hydrogens (tertiary/aromatic N) is 2. The van der Waals surface area contributed by atoms with Gasteiger partial charge in [0.25, 0.3) is 0 Å². The highest BCUT2D eigenvalue weighted by Crippen LogP contribution is 2.25. The first-order valence-corrected chi connectivity index (χ1v) is 6.99. The molecular weight excluding hydrogens is 234 g/mol. The van der Waals surface area contributed by atoms with E-state index in [9.17, 15) is 0 Å². The third-order valence-corrected chi connectivity index (χ3v) is 3.73. The van der Waals surface area contributed by atoms with Gasteiger partial charge in [-0.05, 0) is 25.2 Å². The Bertz CT molecular complexity index is 402. The van der Waals surface area contributed by atoms with Gasteiger partial charge in [0.1, 0.15) is 0 Å². The average molecular weight is 259 g/mol. The van der Waals surface area contributed by atoms with Gasteiger partial charge in [0.05, 0.1) is 0 Å². The van der Waals surface area contributed by atoms with Crippen molar-refractivity contribution < 1.29 is 0 Å². The normalized spacial score (nSPS) is 21.5. The molecule has 0 radical (unpaired) electrons. The molecule has 3 heteroatoms. The quantitative estimate of drug-likeness (QED) is 0.813. The zero-order valence-electron chi connectivity index (χ0n) is 12.1. The molecule has 1 N–H and O–H groups in total. The molecule has 3 nitrogen and oxygen atoms in total. The summed E-state index contributed by atoms with van der Waals surface area (Å²) in [5, 5.41) is 3.18. The van der Waals surface area contributed by atoms with Crippen LogP contribution in [-0.4, -0.2) is 56.6 Å². The molecule has 1 aromatic carbocycles. The molecule has 0 amide bonds. The van der Waals surface area contributed by atoms with Crippen LogP contribution in [-0.2, 0) is 0 Å². The van der Waals surface area contributed by atoms with E-state index in [0.717, 1.165) is 32.7 Å². The molecule has 1 fully saturated rings. The van der Waals surface area contributed by atoms with Crippen molar-refractivity contribution >= 4 is 0 Å². The summed E-state index contributed by atoms with van der Waals surface area (Å²) in [4.78, 5) is 4.96. The van der Waals surface area contributed by atoms with E-state index in [1.54, 1.807) is 0 Å². The SMILES string of the molecule is C=C(CNC)CN1CCN(C)CC1c1ccccc1. The largest absolute Gasteiger partial charge is 0.316 e. The lowest BCUT2D eigenvalue weighted by Crippen LogP contribution is -2.47. The van der Waals surface area contributed by atoms with Crippen LogP contribution in [0.3, 0.4) is 0 Å². The van der Waals surface area contributed by atoms with Crippen molar-refractivity contribution in [3.8, 4) is 0 Å². The fourth-order valence-corrected chi connectivity index (χ4v) is 2.73. The van der Waals surface area contributed by atoms with E-state index < -0.39 is 0 Å². The van der Waals surface area contributed by atoms with Gasteiger partial charge in [-0.2, -0.15) is 0 Å². The maximum absolute atomic E-state index is 4.17. The summed E-state index contributed by atoms with van der Waals surface area (Å²) in [5.41, 5.74) is 2.67. The van der Waals surface area contributed by atoms with Crippen LogP contribution in [0.1, 0.15) is 11.6 Å². The van der Waals surface area contributed by atoms with Crippen LogP contribution >= 0.6 is 0 Å². The molecule has 0 aromatic heterocycles. The Labute approximate surface area is 116 Å². The number of benzene rings is 1.